The highest BCUT2D eigenvalue weighted by Crippen LogP contribution is 2.35. The van der Waals surface area contributed by atoms with Crippen LogP contribution >= 0.6 is 0 Å². The van der Waals surface area contributed by atoms with E-state index in [0.29, 0.717) is 19.6 Å². The van der Waals surface area contributed by atoms with Gasteiger partial charge in [0, 0.05) is 51.0 Å². The van der Waals surface area contributed by atoms with Crippen LogP contribution in [0.15, 0.2) is 24.4 Å². The maximum Gasteiger partial charge on any atom is 0.237 e. The van der Waals surface area contributed by atoms with Gasteiger partial charge in [0.2, 0.25) is 11.8 Å². The average molecular weight is 416 g/mol. The number of carbonyl (C=O) groups excluding carboxylic acids is 2. The van der Waals surface area contributed by atoms with Gasteiger partial charge in [0.1, 0.15) is 0 Å². The van der Waals surface area contributed by atoms with Gasteiger partial charge in [-0.1, -0.05) is 18.9 Å². The third-order valence-electron chi connectivity index (χ3n) is 6.74. The van der Waals surface area contributed by atoms with Crippen molar-refractivity contribution in [3.63, 3.8) is 0 Å². The molecule has 0 unspecified atom stereocenters. The second-order valence-electron chi connectivity index (χ2n) is 8.61. The summed E-state index contributed by atoms with van der Waals surface area (Å²) in [5.74, 6) is -0.126. The summed E-state index contributed by atoms with van der Waals surface area (Å²) < 4.78 is 5.52. The molecule has 0 aromatic carbocycles. The Morgan fingerprint density at radius 2 is 2.03 bits per heavy atom. The topological polar surface area (TPSA) is 86.8 Å². The number of nitrogens with one attached hydrogen (secondary N) is 2. The molecular formula is C22H33N5O3. The number of amides is 2. The van der Waals surface area contributed by atoms with Crippen LogP contribution in [0.2, 0.25) is 0 Å². The second kappa shape index (κ2) is 9.85. The molecule has 0 bridgehead atoms. The van der Waals surface area contributed by atoms with Crippen LogP contribution < -0.4 is 10.6 Å². The highest BCUT2D eigenvalue weighted by molar-refractivity contribution is 5.88. The predicted octanol–water partition coefficient (Wildman–Crippen LogP) is 0.533. The zero-order valence-corrected chi connectivity index (χ0v) is 17.6. The van der Waals surface area contributed by atoms with Gasteiger partial charge in [0.15, 0.2) is 0 Å². The third kappa shape index (κ3) is 4.99. The first-order valence-corrected chi connectivity index (χ1v) is 11.2. The molecule has 1 saturated carbocycles. The number of piperazine rings is 1. The highest BCUT2D eigenvalue weighted by Gasteiger charge is 2.40. The number of hydrogen-bond donors (Lipinski definition) is 2. The van der Waals surface area contributed by atoms with Crippen molar-refractivity contribution in [2.75, 3.05) is 45.9 Å². The molecule has 2 amide bonds. The summed E-state index contributed by atoms with van der Waals surface area (Å²) in [7, 11) is 0. The molecule has 3 fully saturated rings. The Hall–Kier alpha value is -2.03. The Balaban J connectivity index is 1.35. The van der Waals surface area contributed by atoms with Crippen LogP contribution in [0.4, 0.5) is 0 Å². The first-order valence-electron chi connectivity index (χ1n) is 11.2. The number of hydrogen-bond acceptors (Lipinski definition) is 6. The molecule has 2 N–H and O–H groups in total. The van der Waals surface area contributed by atoms with Crippen molar-refractivity contribution in [1.82, 2.24) is 25.4 Å². The summed E-state index contributed by atoms with van der Waals surface area (Å²) in [6, 6.07) is 5.32. The minimum Gasteiger partial charge on any atom is -0.379 e. The van der Waals surface area contributed by atoms with Gasteiger partial charge < -0.3 is 15.4 Å². The van der Waals surface area contributed by atoms with Crippen molar-refractivity contribution in [2.24, 2.45) is 0 Å². The van der Waals surface area contributed by atoms with Crippen molar-refractivity contribution < 1.29 is 14.3 Å². The Morgan fingerprint density at radius 1 is 1.23 bits per heavy atom. The average Bonchev–Trinajstić information content (AvgIpc) is 3.26. The predicted molar refractivity (Wildman–Crippen MR) is 113 cm³/mol. The number of pyridine rings is 1. The molecule has 3 heterocycles. The maximum atomic E-state index is 12.9. The van der Waals surface area contributed by atoms with Crippen molar-refractivity contribution in [3.8, 4) is 0 Å². The van der Waals surface area contributed by atoms with Crippen LogP contribution in [0.3, 0.4) is 0 Å². The molecule has 164 valence electrons. The molecule has 1 aromatic rings. The Bertz CT molecular complexity index is 717. The summed E-state index contributed by atoms with van der Waals surface area (Å²) in [6.07, 6.45) is 6.57. The number of rotatable bonds is 7. The SMILES string of the molecule is O=C(C[C@H]1C(=O)NCCN1Cc1ccccn1)NCC1(N2CCOCC2)CCCC1. The maximum absolute atomic E-state index is 12.9. The van der Waals surface area contributed by atoms with Crippen LogP contribution in [-0.2, 0) is 20.9 Å². The molecule has 30 heavy (non-hydrogen) atoms. The van der Waals surface area contributed by atoms with Gasteiger partial charge in [-0.3, -0.25) is 24.4 Å². The van der Waals surface area contributed by atoms with Gasteiger partial charge in [-0.05, 0) is 25.0 Å². The largest absolute Gasteiger partial charge is 0.379 e. The van der Waals surface area contributed by atoms with Crippen molar-refractivity contribution in [2.45, 2.75) is 50.2 Å². The zero-order valence-electron chi connectivity index (χ0n) is 17.6. The first kappa shape index (κ1) is 21.2. The summed E-state index contributed by atoms with van der Waals surface area (Å²) in [4.78, 5) is 34.3. The molecule has 0 radical (unpaired) electrons. The lowest BCUT2D eigenvalue weighted by molar-refractivity contribution is -0.134. The second-order valence-corrected chi connectivity index (χ2v) is 8.61. The minimum absolute atomic E-state index is 0.0436. The van der Waals surface area contributed by atoms with E-state index in [9.17, 15) is 9.59 Å². The van der Waals surface area contributed by atoms with Crippen LogP contribution in [0.25, 0.3) is 0 Å². The molecule has 0 spiro atoms. The Morgan fingerprint density at radius 3 is 2.77 bits per heavy atom. The molecule has 1 atom stereocenters. The first-order chi connectivity index (χ1) is 14.7. The summed E-state index contributed by atoms with van der Waals surface area (Å²) in [6.45, 7) is 5.94. The Labute approximate surface area is 178 Å². The lowest BCUT2D eigenvalue weighted by atomic mass is 9.94. The molecule has 4 rings (SSSR count). The summed E-state index contributed by atoms with van der Waals surface area (Å²) in [5.41, 5.74) is 0.955. The van der Waals surface area contributed by atoms with E-state index in [1.807, 2.05) is 18.2 Å². The van der Waals surface area contributed by atoms with Gasteiger partial charge in [0.05, 0.1) is 31.4 Å². The molecule has 3 aliphatic rings. The van der Waals surface area contributed by atoms with Crippen LogP contribution in [0.5, 0.6) is 0 Å². The van der Waals surface area contributed by atoms with E-state index in [1.165, 1.54) is 12.8 Å². The van der Waals surface area contributed by atoms with E-state index in [0.717, 1.165) is 51.4 Å². The van der Waals surface area contributed by atoms with E-state index in [-0.39, 0.29) is 23.8 Å². The van der Waals surface area contributed by atoms with Crippen molar-refractivity contribution in [3.05, 3.63) is 30.1 Å². The lowest BCUT2D eigenvalue weighted by Crippen LogP contribution is -2.59. The van der Waals surface area contributed by atoms with Crippen molar-refractivity contribution in [1.29, 1.82) is 0 Å². The van der Waals surface area contributed by atoms with E-state index < -0.39 is 6.04 Å². The smallest absolute Gasteiger partial charge is 0.237 e. The molecule has 1 aromatic heterocycles. The van der Waals surface area contributed by atoms with Crippen LogP contribution in [0, 0.1) is 0 Å². The zero-order chi connectivity index (χ0) is 20.8. The standard InChI is InChI=1S/C22H33N5O3/c28-20(25-17-22(6-2-3-7-22)27-11-13-30-14-12-27)15-19-21(29)24-9-10-26(19)16-18-5-1-4-8-23-18/h1,4-5,8,19H,2-3,6-7,9-17H2,(H,24,29)(H,25,28)/t19-/m0/s1. The molecule has 8 nitrogen and oxygen atoms in total. The summed E-state index contributed by atoms with van der Waals surface area (Å²) >= 11 is 0. The number of aromatic nitrogens is 1. The third-order valence-corrected chi connectivity index (χ3v) is 6.74. The molecular weight excluding hydrogens is 382 g/mol. The molecule has 1 aliphatic carbocycles. The monoisotopic (exact) mass is 415 g/mol. The molecule has 2 aliphatic heterocycles. The van der Waals surface area contributed by atoms with E-state index >= 15 is 0 Å². The molecule has 8 heteroatoms. The van der Waals surface area contributed by atoms with Crippen LogP contribution in [0.1, 0.15) is 37.8 Å². The summed E-state index contributed by atoms with van der Waals surface area (Å²) in [5, 5.41) is 6.08. The fourth-order valence-electron chi connectivity index (χ4n) is 5.06. The van der Waals surface area contributed by atoms with Crippen LogP contribution in [-0.4, -0.2) is 84.1 Å². The van der Waals surface area contributed by atoms with Crippen molar-refractivity contribution >= 4 is 11.8 Å². The number of carbonyl (C=O) groups is 2. The number of nitrogens with zero attached hydrogens (tertiary/aromatic N) is 3. The van der Waals surface area contributed by atoms with Gasteiger partial charge in [0.25, 0.3) is 0 Å². The van der Waals surface area contributed by atoms with Gasteiger partial charge in [-0.2, -0.15) is 0 Å². The van der Waals surface area contributed by atoms with Gasteiger partial charge >= 0.3 is 0 Å². The highest BCUT2D eigenvalue weighted by atomic mass is 16.5. The minimum atomic E-state index is -0.455. The number of morpholine rings is 1. The fourth-order valence-corrected chi connectivity index (χ4v) is 5.06. The van der Waals surface area contributed by atoms with Gasteiger partial charge in [-0.25, -0.2) is 0 Å². The van der Waals surface area contributed by atoms with E-state index in [4.69, 9.17) is 4.74 Å². The van der Waals surface area contributed by atoms with Gasteiger partial charge in [-0.15, -0.1) is 0 Å². The molecule has 2 saturated heterocycles. The number of ether oxygens (including phenoxy) is 1. The quantitative estimate of drug-likeness (QED) is 0.676. The lowest BCUT2D eigenvalue weighted by Gasteiger charge is -2.43. The van der Waals surface area contributed by atoms with E-state index in [2.05, 4.69) is 25.4 Å². The van der Waals surface area contributed by atoms with E-state index in [1.54, 1.807) is 6.20 Å². The normalized spacial score (nSPS) is 25.1. The Kier molecular flexibility index (Phi) is 6.97. The fraction of sp³-hybridized carbons (Fsp3) is 0.682.